The second kappa shape index (κ2) is 11.1. The van der Waals surface area contributed by atoms with Crippen molar-refractivity contribution in [2.75, 3.05) is 31.1 Å². The van der Waals surface area contributed by atoms with Crippen LogP contribution in [0.25, 0.3) is 0 Å². The van der Waals surface area contributed by atoms with E-state index >= 15 is 0 Å². The predicted molar refractivity (Wildman–Crippen MR) is 131 cm³/mol. The topological polar surface area (TPSA) is 60.9 Å². The summed E-state index contributed by atoms with van der Waals surface area (Å²) in [4.78, 5) is 42.7. The SMILES string of the molecule is CC(=O)N1CCN(C(=O)Cc2ccc(N(Cc3ccccc3C)C(=O)CC(C)C)cc2)CC1. The van der Waals surface area contributed by atoms with Gasteiger partial charge in [0.15, 0.2) is 0 Å². The first-order valence-electron chi connectivity index (χ1n) is 11.7. The lowest BCUT2D eigenvalue weighted by Crippen LogP contribution is -2.50. The molecule has 0 atom stereocenters. The van der Waals surface area contributed by atoms with E-state index < -0.39 is 0 Å². The van der Waals surface area contributed by atoms with Gasteiger partial charge >= 0.3 is 0 Å². The first-order valence-corrected chi connectivity index (χ1v) is 11.7. The van der Waals surface area contributed by atoms with Crippen LogP contribution in [0.1, 0.15) is 43.9 Å². The number of hydrogen-bond donors (Lipinski definition) is 0. The number of nitrogens with zero attached hydrogens (tertiary/aromatic N) is 3. The Bertz CT molecular complexity index is 976. The fourth-order valence-electron chi connectivity index (χ4n) is 4.09. The Hall–Kier alpha value is -3.15. The van der Waals surface area contributed by atoms with Gasteiger partial charge in [-0.15, -0.1) is 0 Å². The summed E-state index contributed by atoms with van der Waals surface area (Å²) in [6.07, 6.45) is 0.802. The molecule has 6 heteroatoms. The monoisotopic (exact) mass is 449 g/mol. The Morgan fingerprint density at radius 2 is 1.52 bits per heavy atom. The van der Waals surface area contributed by atoms with Gasteiger partial charge in [-0.2, -0.15) is 0 Å². The molecule has 6 nitrogen and oxygen atoms in total. The molecule has 1 saturated heterocycles. The number of hydrogen-bond acceptors (Lipinski definition) is 3. The fraction of sp³-hybridized carbons (Fsp3) is 0.444. The van der Waals surface area contributed by atoms with Gasteiger partial charge in [-0.05, 0) is 41.7 Å². The van der Waals surface area contributed by atoms with Crippen LogP contribution in [0.3, 0.4) is 0 Å². The molecule has 1 fully saturated rings. The lowest BCUT2D eigenvalue weighted by molar-refractivity contribution is -0.138. The molecule has 1 aliphatic heterocycles. The maximum atomic E-state index is 13.1. The van der Waals surface area contributed by atoms with Crippen molar-refractivity contribution in [1.82, 2.24) is 9.80 Å². The van der Waals surface area contributed by atoms with E-state index in [9.17, 15) is 14.4 Å². The first-order chi connectivity index (χ1) is 15.7. The summed E-state index contributed by atoms with van der Waals surface area (Å²) in [6, 6.07) is 15.9. The van der Waals surface area contributed by atoms with Crippen LogP contribution in [-0.2, 0) is 27.3 Å². The van der Waals surface area contributed by atoms with Gasteiger partial charge in [-0.1, -0.05) is 50.2 Å². The lowest BCUT2D eigenvalue weighted by Gasteiger charge is -2.34. The molecule has 0 aromatic heterocycles. The van der Waals surface area contributed by atoms with E-state index in [1.807, 2.05) is 46.2 Å². The van der Waals surface area contributed by atoms with Crippen molar-refractivity contribution in [2.24, 2.45) is 5.92 Å². The van der Waals surface area contributed by atoms with Crippen LogP contribution < -0.4 is 4.90 Å². The van der Waals surface area contributed by atoms with E-state index in [0.717, 1.165) is 22.4 Å². The van der Waals surface area contributed by atoms with Crippen LogP contribution in [0.15, 0.2) is 48.5 Å². The highest BCUT2D eigenvalue weighted by atomic mass is 16.2. The number of anilines is 1. The third-order valence-electron chi connectivity index (χ3n) is 6.15. The maximum absolute atomic E-state index is 13.1. The number of carbonyl (C=O) groups excluding carboxylic acids is 3. The molecule has 3 rings (SSSR count). The second-order valence-electron chi connectivity index (χ2n) is 9.23. The fourth-order valence-corrected chi connectivity index (χ4v) is 4.09. The van der Waals surface area contributed by atoms with Gasteiger partial charge in [0, 0.05) is 45.2 Å². The molecule has 0 unspecified atom stereocenters. The highest BCUT2D eigenvalue weighted by molar-refractivity contribution is 5.93. The van der Waals surface area contributed by atoms with Crippen LogP contribution in [0.5, 0.6) is 0 Å². The van der Waals surface area contributed by atoms with E-state index in [1.54, 1.807) is 11.8 Å². The molecule has 176 valence electrons. The van der Waals surface area contributed by atoms with Crippen molar-refractivity contribution in [3.8, 4) is 0 Å². The Balaban J connectivity index is 1.69. The van der Waals surface area contributed by atoms with E-state index in [0.29, 0.717) is 45.6 Å². The molecule has 2 aromatic carbocycles. The van der Waals surface area contributed by atoms with Crippen LogP contribution in [-0.4, -0.2) is 53.7 Å². The number of carbonyl (C=O) groups is 3. The van der Waals surface area contributed by atoms with Crippen LogP contribution >= 0.6 is 0 Å². The van der Waals surface area contributed by atoms with Gasteiger partial charge in [0.05, 0.1) is 13.0 Å². The largest absolute Gasteiger partial charge is 0.339 e. The number of amides is 3. The molecule has 0 spiro atoms. The molecule has 3 amide bonds. The number of benzene rings is 2. The molecule has 33 heavy (non-hydrogen) atoms. The molecule has 0 N–H and O–H groups in total. The summed E-state index contributed by atoms with van der Waals surface area (Å²) in [5.74, 6) is 0.496. The Morgan fingerprint density at radius 3 is 2.09 bits per heavy atom. The minimum Gasteiger partial charge on any atom is -0.339 e. The van der Waals surface area contributed by atoms with E-state index in [2.05, 4.69) is 32.9 Å². The van der Waals surface area contributed by atoms with Crippen LogP contribution in [0.2, 0.25) is 0 Å². The third kappa shape index (κ3) is 6.67. The van der Waals surface area contributed by atoms with Crippen LogP contribution in [0, 0.1) is 12.8 Å². The van der Waals surface area contributed by atoms with Crippen molar-refractivity contribution in [3.05, 3.63) is 65.2 Å². The standard InChI is InChI=1S/C27H35N3O3/c1-20(2)17-27(33)30(19-24-8-6-5-7-21(24)3)25-11-9-23(10-12-25)18-26(32)29-15-13-28(14-16-29)22(4)31/h5-12,20H,13-19H2,1-4H3. The molecular formula is C27H35N3O3. The highest BCUT2D eigenvalue weighted by Crippen LogP contribution is 2.22. The average molecular weight is 450 g/mol. The quantitative estimate of drug-likeness (QED) is 0.646. The maximum Gasteiger partial charge on any atom is 0.227 e. The first kappa shape index (κ1) is 24.5. The highest BCUT2D eigenvalue weighted by Gasteiger charge is 2.23. The van der Waals surface area contributed by atoms with Crippen LogP contribution in [0.4, 0.5) is 5.69 Å². The minimum atomic E-state index is 0.0555. The number of rotatable bonds is 7. The van der Waals surface area contributed by atoms with Crippen molar-refractivity contribution < 1.29 is 14.4 Å². The van der Waals surface area contributed by atoms with Crippen molar-refractivity contribution >= 4 is 23.4 Å². The summed E-state index contributed by atoms with van der Waals surface area (Å²) in [6.45, 7) is 10.6. The van der Waals surface area contributed by atoms with Gasteiger partial charge in [-0.25, -0.2) is 0 Å². The summed E-state index contributed by atoms with van der Waals surface area (Å²) in [7, 11) is 0. The molecular weight excluding hydrogens is 414 g/mol. The second-order valence-corrected chi connectivity index (χ2v) is 9.23. The predicted octanol–water partition coefficient (Wildman–Crippen LogP) is 3.81. The Morgan fingerprint density at radius 1 is 0.909 bits per heavy atom. The zero-order chi connectivity index (χ0) is 24.0. The van der Waals surface area contributed by atoms with Crippen molar-refractivity contribution in [2.45, 2.75) is 47.1 Å². The zero-order valence-electron chi connectivity index (χ0n) is 20.2. The smallest absolute Gasteiger partial charge is 0.227 e. The Kier molecular flexibility index (Phi) is 8.26. The van der Waals surface area contributed by atoms with Gasteiger partial charge in [0.25, 0.3) is 0 Å². The summed E-state index contributed by atoms with van der Waals surface area (Å²) in [5, 5.41) is 0. The average Bonchev–Trinajstić information content (AvgIpc) is 2.78. The number of aryl methyl sites for hydroxylation is 1. The number of piperazine rings is 1. The van der Waals surface area contributed by atoms with Gasteiger partial charge in [0.1, 0.15) is 0 Å². The summed E-state index contributed by atoms with van der Waals surface area (Å²) < 4.78 is 0. The lowest BCUT2D eigenvalue weighted by atomic mass is 10.0. The minimum absolute atomic E-state index is 0.0555. The molecule has 1 heterocycles. The summed E-state index contributed by atoms with van der Waals surface area (Å²) >= 11 is 0. The molecule has 0 aliphatic carbocycles. The van der Waals surface area contributed by atoms with Crippen molar-refractivity contribution in [1.29, 1.82) is 0 Å². The summed E-state index contributed by atoms with van der Waals surface area (Å²) in [5.41, 5.74) is 4.05. The third-order valence-corrected chi connectivity index (χ3v) is 6.15. The van der Waals surface area contributed by atoms with Gasteiger partial charge < -0.3 is 14.7 Å². The Labute approximate surface area is 197 Å². The zero-order valence-corrected chi connectivity index (χ0v) is 20.2. The van der Waals surface area contributed by atoms with Gasteiger partial charge in [-0.3, -0.25) is 14.4 Å². The van der Waals surface area contributed by atoms with E-state index in [1.165, 1.54) is 0 Å². The van der Waals surface area contributed by atoms with Crippen molar-refractivity contribution in [3.63, 3.8) is 0 Å². The molecule has 0 bridgehead atoms. The van der Waals surface area contributed by atoms with E-state index in [4.69, 9.17) is 0 Å². The van der Waals surface area contributed by atoms with Gasteiger partial charge in [0.2, 0.25) is 17.7 Å². The van der Waals surface area contributed by atoms with E-state index in [-0.39, 0.29) is 23.6 Å². The molecule has 0 saturated carbocycles. The normalized spacial score (nSPS) is 13.8. The molecule has 1 aliphatic rings. The molecule has 0 radical (unpaired) electrons. The molecule has 2 aromatic rings.